The Hall–Kier alpha value is -2.44. The van der Waals surface area contributed by atoms with Gasteiger partial charge in [0.15, 0.2) is 0 Å². The van der Waals surface area contributed by atoms with Crippen molar-refractivity contribution in [2.75, 3.05) is 37.0 Å². The topological polar surface area (TPSA) is 67.2 Å². The van der Waals surface area contributed by atoms with Gasteiger partial charge in [0.1, 0.15) is 5.82 Å². The minimum atomic E-state index is 0.0533. The molecule has 0 amide bonds. The summed E-state index contributed by atoms with van der Waals surface area (Å²) in [5.74, 6) is 2.47. The molecule has 7 nitrogen and oxygen atoms in total. The summed E-state index contributed by atoms with van der Waals surface area (Å²) in [6.07, 6.45) is 5.60. The molecule has 1 aliphatic rings. The van der Waals surface area contributed by atoms with E-state index < -0.39 is 0 Å². The van der Waals surface area contributed by atoms with Gasteiger partial charge in [-0.3, -0.25) is 9.36 Å². The molecule has 1 fully saturated rings. The second kappa shape index (κ2) is 7.85. The second-order valence-corrected chi connectivity index (χ2v) is 7.50. The Morgan fingerprint density at radius 1 is 1.23 bits per heavy atom. The standard InChI is InChI=1S/C19H28N6O/c1-14(2)16-11-18(26)25(13-21-16)12-15-6-9-24(10-7-15)17-5-8-20-19(22-17)23(3)4/h5,8,11,13-15H,6-7,9-10,12H2,1-4H3. The molecule has 0 radical (unpaired) electrons. The number of aromatic nitrogens is 4. The van der Waals surface area contributed by atoms with Gasteiger partial charge in [-0.05, 0) is 30.7 Å². The number of anilines is 2. The molecule has 0 atom stereocenters. The maximum Gasteiger partial charge on any atom is 0.253 e. The van der Waals surface area contributed by atoms with Crippen LogP contribution in [0.15, 0.2) is 29.5 Å². The first-order chi connectivity index (χ1) is 12.4. The average Bonchev–Trinajstić information content (AvgIpc) is 2.64. The Labute approximate surface area is 154 Å². The van der Waals surface area contributed by atoms with E-state index in [1.54, 1.807) is 17.0 Å². The molecule has 1 aliphatic heterocycles. The summed E-state index contributed by atoms with van der Waals surface area (Å²) in [7, 11) is 3.89. The molecule has 1 saturated heterocycles. The lowest BCUT2D eigenvalue weighted by Crippen LogP contribution is -2.37. The van der Waals surface area contributed by atoms with Crippen molar-refractivity contribution in [2.24, 2.45) is 5.92 Å². The summed E-state index contributed by atoms with van der Waals surface area (Å²) >= 11 is 0. The van der Waals surface area contributed by atoms with Crippen molar-refractivity contribution in [1.82, 2.24) is 19.5 Å². The smallest absolute Gasteiger partial charge is 0.253 e. The summed E-state index contributed by atoms with van der Waals surface area (Å²) in [6.45, 7) is 6.74. The van der Waals surface area contributed by atoms with Crippen LogP contribution in [0.3, 0.4) is 0 Å². The first-order valence-corrected chi connectivity index (χ1v) is 9.25. The van der Waals surface area contributed by atoms with Gasteiger partial charge < -0.3 is 9.80 Å². The van der Waals surface area contributed by atoms with E-state index in [9.17, 15) is 4.79 Å². The predicted molar refractivity (Wildman–Crippen MR) is 104 cm³/mol. The van der Waals surface area contributed by atoms with Gasteiger partial charge in [0, 0.05) is 46.0 Å². The van der Waals surface area contributed by atoms with Crippen LogP contribution in [0, 0.1) is 5.92 Å². The molecular weight excluding hydrogens is 328 g/mol. The zero-order valence-corrected chi connectivity index (χ0v) is 16.1. The molecule has 0 N–H and O–H groups in total. The minimum absolute atomic E-state index is 0.0533. The van der Waals surface area contributed by atoms with E-state index in [2.05, 4.69) is 33.7 Å². The molecule has 0 aliphatic carbocycles. The maximum atomic E-state index is 12.3. The Morgan fingerprint density at radius 3 is 2.58 bits per heavy atom. The highest BCUT2D eigenvalue weighted by molar-refractivity contribution is 5.43. The van der Waals surface area contributed by atoms with Crippen LogP contribution in [-0.2, 0) is 6.54 Å². The van der Waals surface area contributed by atoms with Gasteiger partial charge in [-0.15, -0.1) is 0 Å². The highest BCUT2D eigenvalue weighted by Gasteiger charge is 2.21. The van der Waals surface area contributed by atoms with E-state index in [4.69, 9.17) is 0 Å². The number of hydrogen-bond donors (Lipinski definition) is 0. The SMILES string of the molecule is CC(C)c1cc(=O)n(CC2CCN(c3ccnc(N(C)C)n3)CC2)cn1. The lowest BCUT2D eigenvalue weighted by atomic mass is 9.96. The van der Waals surface area contributed by atoms with Gasteiger partial charge in [0.05, 0.1) is 12.0 Å². The average molecular weight is 356 g/mol. The summed E-state index contributed by atoms with van der Waals surface area (Å²) in [4.78, 5) is 29.8. The third-order valence-electron chi connectivity index (χ3n) is 4.91. The third kappa shape index (κ3) is 4.20. The van der Waals surface area contributed by atoms with Crippen LogP contribution < -0.4 is 15.4 Å². The quantitative estimate of drug-likeness (QED) is 0.818. The van der Waals surface area contributed by atoms with Gasteiger partial charge in [-0.1, -0.05) is 13.8 Å². The van der Waals surface area contributed by atoms with Crippen LogP contribution in [0.1, 0.15) is 38.3 Å². The Bertz CT molecular complexity index is 793. The zero-order valence-electron chi connectivity index (χ0n) is 16.1. The van der Waals surface area contributed by atoms with Crippen LogP contribution in [-0.4, -0.2) is 46.7 Å². The fraction of sp³-hybridized carbons (Fsp3) is 0.579. The maximum absolute atomic E-state index is 12.3. The summed E-state index contributed by atoms with van der Waals surface area (Å²) < 4.78 is 1.75. The van der Waals surface area contributed by atoms with Gasteiger partial charge >= 0.3 is 0 Å². The van der Waals surface area contributed by atoms with E-state index in [-0.39, 0.29) is 11.5 Å². The number of nitrogens with zero attached hydrogens (tertiary/aromatic N) is 6. The number of hydrogen-bond acceptors (Lipinski definition) is 6. The van der Waals surface area contributed by atoms with E-state index in [1.807, 2.05) is 31.3 Å². The monoisotopic (exact) mass is 356 g/mol. The van der Waals surface area contributed by atoms with Crippen LogP contribution in [0.5, 0.6) is 0 Å². The van der Waals surface area contributed by atoms with E-state index in [0.717, 1.165) is 49.9 Å². The van der Waals surface area contributed by atoms with Crippen molar-refractivity contribution in [3.05, 3.63) is 40.7 Å². The highest BCUT2D eigenvalue weighted by Crippen LogP contribution is 2.23. The van der Waals surface area contributed by atoms with E-state index >= 15 is 0 Å². The molecule has 7 heteroatoms. The van der Waals surface area contributed by atoms with Gasteiger partial charge in [0.25, 0.3) is 5.56 Å². The predicted octanol–water partition coefficient (Wildman–Crippen LogP) is 2.14. The number of rotatable bonds is 5. The molecular formula is C19H28N6O. The van der Waals surface area contributed by atoms with E-state index in [1.165, 1.54) is 0 Å². The molecule has 0 bridgehead atoms. The lowest BCUT2D eigenvalue weighted by molar-refractivity contribution is 0.349. The zero-order chi connectivity index (χ0) is 18.7. The number of piperidine rings is 1. The molecule has 26 heavy (non-hydrogen) atoms. The minimum Gasteiger partial charge on any atom is -0.356 e. The molecule has 3 heterocycles. The molecule has 2 aromatic rings. The molecule has 2 aromatic heterocycles. The third-order valence-corrected chi connectivity index (χ3v) is 4.91. The normalized spacial score (nSPS) is 15.5. The second-order valence-electron chi connectivity index (χ2n) is 7.50. The van der Waals surface area contributed by atoms with Crippen molar-refractivity contribution < 1.29 is 0 Å². The van der Waals surface area contributed by atoms with E-state index in [0.29, 0.717) is 5.92 Å². The molecule has 140 valence electrons. The first kappa shape index (κ1) is 18.4. The van der Waals surface area contributed by atoms with Crippen molar-refractivity contribution in [3.8, 4) is 0 Å². The molecule has 0 aromatic carbocycles. The van der Waals surface area contributed by atoms with Crippen LogP contribution in [0.2, 0.25) is 0 Å². The summed E-state index contributed by atoms with van der Waals surface area (Å²) in [5, 5.41) is 0. The Morgan fingerprint density at radius 2 is 1.96 bits per heavy atom. The lowest BCUT2D eigenvalue weighted by Gasteiger charge is -2.33. The molecule has 0 spiro atoms. The fourth-order valence-electron chi connectivity index (χ4n) is 3.25. The van der Waals surface area contributed by atoms with Crippen molar-refractivity contribution in [1.29, 1.82) is 0 Å². The highest BCUT2D eigenvalue weighted by atomic mass is 16.1. The van der Waals surface area contributed by atoms with Gasteiger partial charge in [0.2, 0.25) is 5.95 Å². The largest absolute Gasteiger partial charge is 0.356 e. The van der Waals surface area contributed by atoms with Gasteiger partial charge in [-0.2, -0.15) is 4.98 Å². The Kier molecular flexibility index (Phi) is 5.54. The fourth-order valence-corrected chi connectivity index (χ4v) is 3.25. The summed E-state index contributed by atoms with van der Waals surface area (Å²) in [5.41, 5.74) is 0.916. The van der Waals surface area contributed by atoms with Crippen LogP contribution >= 0.6 is 0 Å². The van der Waals surface area contributed by atoms with Crippen LogP contribution in [0.25, 0.3) is 0 Å². The van der Waals surface area contributed by atoms with Gasteiger partial charge in [-0.25, -0.2) is 9.97 Å². The molecule has 0 saturated carbocycles. The first-order valence-electron chi connectivity index (χ1n) is 9.25. The van der Waals surface area contributed by atoms with Crippen molar-refractivity contribution >= 4 is 11.8 Å². The Balaban J connectivity index is 1.61. The van der Waals surface area contributed by atoms with Crippen molar-refractivity contribution in [3.63, 3.8) is 0 Å². The van der Waals surface area contributed by atoms with Crippen LogP contribution in [0.4, 0.5) is 11.8 Å². The van der Waals surface area contributed by atoms with Crippen molar-refractivity contribution in [2.45, 2.75) is 39.2 Å². The molecule has 3 rings (SSSR count). The molecule has 0 unspecified atom stereocenters. The summed E-state index contributed by atoms with van der Waals surface area (Å²) in [6, 6.07) is 3.63.